The van der Waals surface area contributed by atoms with E-state index in [4.69, 9.17) is 0 Å². The average Bonchev–Trinajstić information content (AvgIpc) is 2.63. The van der Waals surface area contributed by atoms with E-state index in [9.17, 15) is 0 Å². The van der Waals surface area contributed by atoms with Gasteiger partial charge in [-0.25, -0.2) is 0 Å². The standard InChI is InChI=1S/C13H27NS/c1-10(2)13(11(3)4)8-14-7-12-5-6-15-9-12/h10-14H,5-9H2,1-4H3. The largest absolute Gasteiger partial charge is 0.316 e. The maximum atomic E-state index is 3.68. The fourth-order valence-corrected chi connectivity index (χ4v) is 3.72. The Hall–Kier alpha value is 0.310. The van der Waals surface area contributed by atoms with Crippen molar-refractivity contribution in [1.82, 2.24) is 5.32 Å². The zero-order valence-electron chi connectivity index (χ0n) is 10.8. The third-order valence-electron chi connectivity index (χ3n) is 3.55. The molecule has 1 unspecified atom stereocenters. The summed E-state index contributed by atoms with van der Waals surface area (Å²) in [4.78, 5) is 0. The van der Waals surface area contributed by atoms with Gasteiger partial charge in [-0.2, -0.15) is 11.8 Å². The lowest BCUT2D eigenvalue weighted by Crippen LogP contribution is -2.32. The van der Waals surface area contributed by atoms with Crippen LogP contribution in [0.3, 0.4) is 0 Å². The van der Waals surface area contributed by atoms with Gasteiger partial charge in [0.15, 0.2) is 0 Å². The van der Waals surface area contributed by atoms with Crippen LogP contribution in [0.15, 0.2) is 0 Å². The van der Waals surface area contributed by atoms with Gasteiger partial charge in [0.2, 0.25) is 0 Å². The molecule has 0 saturated carbocycles. The van der Waals surface area contributed by atoms with Gasteiger partial charge in [0, 0.05) is 0 Å². The molecule has 1 rings (SSSR count). The van der Waals surface area contributed by atoms with Crippen LogP contribution in [0, 0.1) is 23.7 Å². The van der Waals surface area contributed by atoms with Crippen LogP contribution >= 0.6 is 11.8 Å². The predicted octanol–water partition coefficient (Wildman–Crippen LogP) is 3.26. The predicted molar refractivity (Wildman–Crippen MR) is 71.5 cm³/mol. The zero-order chi connectivity index (χ0) is 11.3. The van der Waals surface area contributed by atoms with Crippen molar-refractivity contribution in [2.45, 2.75) is 34.1 Å². The van der Waals surface area contributed by atoms with Crippen molar-refractivity contribution in [3.8, 4) is 0 Å². The Balaban J connectivity index is 2.15. The van der Waals surface area contributed by atoms with E-state index in [1.165, 1.54) is 31.0 Å². The SMILES string of the molecule is CC(C)C(CNCC1CCSC1)C(C)C. The maximum absolute atomic E-state index is 3.68. The Bertz CT molecular complexity index is 154. The lowest BCUT2D eigenvalue weighted by molar-refractivity contribution is 0.272. The summed E-state index contributed by atoms with van der Waals surface area (Å²) in [5.74, 6) is 6.13. The van der Waals surface area contributed by atoms with Crippen LogP contribution in [-0.4, -0.2) is 24.6 Å². The summed E-state index contributed by atoms with van der Waals surface area (Å²) in [5.41, 5.74) is 0. The summed E-state index contributed by atoms with van der Waals surface area (Å²) in [6, 6.07) is 0. The molecule has 0 spiro atoms. The van der Waals surface area contributed by atoms with Crippen molar-refractivity contribution < 1.29 is 0 Å². The van der Waals surface area contributed by atoms with Gasteiger partial charge >= 0.3 is 0 Å². The molecular formula is C13H27NS. The molecule has 15 heavy (non-hydrogen) atoms. The molecule has 0 amide bonds. The number of thioether (sulfide) groups is 1. The molecule has 0 radical (unpaired) electrons. The molecule has 1 N–H and O–H groups in total. The topological polar surface area (TPSA) is 12.0 Å². The summed E-state index contributed by atoms with van der Waals surface area (Å²) >= 11 is 2.11. The van der Waals surface area contributed by atoms with E-state index in [1.807, 2.05) is 0 Å². The first-order valence-electron chi connectivity index (χ1n) is 6.39. The highest BCUT2D eigenvalue weighted by Crippen LogP contribution is 2.23. The molecule has 0 aromatic rings. The van der Waals surface area contributed by atoms with Crippen molar-refractivity contribution in [2.24, 2.45) is 23.7 Å². The van der Waals surface area contributed by atoms with Gasteiger partial charge in [0.05, 0.1) is 0 Å². The quantitative estimate of drug-likeness (QED) is 0.750. The van der Waals surface area contributed by atoms with Crippen LogP contribution < -0.4 is 5.32 Å². The van der Waals surface area contributed by atoms with Gasteiger partial charge in [-0.15, -0.1) is 0 Å². The van der Waals surface area contributed by atoms with E-state index in [-0.39, 0.29) is 0 Å². The normalized spacial score (nSPS) is 22.2. The smallest absolute Gasteiger partial charge is 0.00122 e. The second-order valence-electron chi connectivity index (χ2n) is 5.54. The van der Waals surface area contributed by atoms with Crippen molar-refractivity contribution in [1.29, 1.82) is 0 Å². The van der Waals surface area contributed by atoms with Crippen LogP contribution in [0.1, 0.15) is 34.1 Å². The molecule has 90 valence electrons. The molecular weight excluding hydrogens is 202 g/mol. The van der Waals surface area contributed by atoms with E-state index in [0.717, 1.165) is 23.7 Å². The molecule has 1 atom stereocenters. The summed E-state index contributed by atoms with van der Waals surface area (Å²) in [5, 5.41) is 3.68. The summed E-state index contributed by atoms with van der Waals surface area (Å²) in [6.45, 7) is 11.8. The second kappa shape index (κ2) is 6.80. The molecule has 0 aromatic carbocycles. The van der Waals surface area contributed by atoms with Gasteiger partial charge in [0.25, 0.3) is 0 Å². The van der Waals surface area contributed by atoms with Gasteiger partial charge in [0.1, 0.15) is 0 Å². The Morgan fingerprint density at radius 1 is 1.20 bits per heavy atom. The van der Waals surface area contributed by atoms with Crippen molar-refractivity contribution in [3.05, 3.63) is 0 Å². The monoisotopic (exact) mass is 229 g/mol. The summed E-state index contributed by atoms with van der Waals surface area (Å²) < 4.78 is 0. The molecule has 0 aromatic heterocycles. The number of hydrogen-bond donors (Lipinski definition) is 1. The van der Waals surface area contributed by atoms with E-state index in [1.54, 1.807) is 0 Å². The lowest BCUT2D eigenvalue weighted by atomic mass is 9.85. The Morgan fingerprint density at radius 2 is 1.87 bits per heavy atom. The molecule has 1 aliphatic heterocycles. The molecule has 1 nitrogen and oxygen atoms in total. The van der Waals surface area contributed by atoms with Crippen molar-refractivity contribution in [3.63, 3.8) is 0 Å². The first-order chi connectivity index (χ1) is 7.11. The minimum absolute atomic E-state index is 0.801. The van der Waals surface area contributed by atoms with E-state index >= 15 is 0 Å². The van der Waals surface area contributed by atoms with Crippen molar-refractivity contribution in [2.75, 3.05) is 24.6 Å². The molecule has 1 saturated heterocycles. The fraction of sp³-hybridized carbons (Fsp3) is 1.00. The highest BCUT2D eigenvalue weighted by molar-refractivity contribution is 7.99. The van der Waals surface area contributed by atoms with Gasteiger partial charge in [-0.05, 0) is 54.7 Å². The Kier molecular flexibility index (Phi) is 6.06. The first kappa shape index (κ1) is 13.4. The van der Waals surface area contributed by atoms with E-state index in [2.05, 4.69) is 44.8 Å². The fourth-order valence-electron chi connectivity index (χ4n) is 2.44. The highest BCUT2D eigenvalue weighted by atomic mass is 32.2. The lowest BCUT2D eigenvalue weighted by Gasteiger charge is -2.25. The first-order valence-corrected chi connectivity index (χ1v) is 7.55. The van der Waals surface area contributed by atoms with E-state index < -0.39 is 0 Å². The molecule has 0 bridgehead atoms. The van der Waals surface area contributed by atoms with Gasteiger partial charge in [-0.1, -0.05) is 27.7 Å². The number of rotatable bonds is 6. The number of hydrogen-bond acceptors (Lipinski definition) is 2. The van der Waals surface area contributed by atoms with Crippen LogP contribution in [0.5, 0.6) is 0 Å². The summed E-state index contributed by atoms with van der Waals surface area (Å²) in [7, 11) is 0. The Labute approximate surface area is 99.8 Å². The van der Waals surface area contributed by atoms with E-state index in [0.29, 0.717) is 0 Å². The maximum Gasteiger partial charge on any atom is -0.00122 e. The molecule has 0 aliphatic carbocycles. The van der Waals surface area contributed by atoms with Crippen LogP contribution in [0.2, 0.25) is 0 Å². The molecule has 1 aliphatic rings. The van der Waals surface area contributed by atoms with Gasteiger partial charge < -0.3 is 5.32 Å². The Morgan fingerprint density at radius 3 is 2.33 bits per heavy atom. The van der Waals surface area contributed by atoms with Gasteiger partial charge in [-0.3, -0.25) is 0 Å². The second-order valence-corrected chi connectivity index (χ2v) is 6.69. The minimum Gasteiger partial charge on any atom is -0.316 e. The molecule has 1 fully saturated rings. The molecule has 1 heterocycles. The van der Waals surface area contributed by atoms with Crippen LogP contribution in [-0.2, 0) is 0 Å². The zero-order valence-corrected chi connectivity index (χ0v) is 11.6. The third-order valence-corrected chi connectivity index (χ3v) is 4.78. The van der Waals surface area contributed by atoms with Crippen LogP contribution in [0.4, 0.5) is 0 Å². The minimum atomic E-state index is 0.801. The van der Waals surface area contributed by atoms with Crippen molar-refractivity contribution >= 4 is 11.8 Å². The number of nitrogens with one attached hydrogen (secondary N) is 1. The average molecular weight is 229 g/mol. The third kappa shape index (κ3) is 4.78. The summed E-state index contributed by atoms with van der Waals surface area (Å²) in [6.07, 6.45) is 1.42. The van der Waals surface area contributed by atoms with Crippen LogP contribution in [0.25, 0.3) is 0 Å². The highest BCUT2D eigenvalue weighted by Gasteiger charge is 2.19. The molecule has 2 heteroatoms.